The van der Waals surface area contributed by atoms with Crippen LogP contribution in [0.25, 0.3) is 6.08 Å². The van der Waals surface area contributed by atoms with Gasteiger partial charge in [-0.05, 0) is 59.9 Å². The number of carbonyl (C=O) groups excluding carboxylic acids is 1. The maximum Gasteiger partial charge on any atom is 0.416 e. The SMILES string of the molecule is CCCc1cc(C(F)(F)F)ccc1C=CC(=O)NCCc1cc(F)c(NS(C)(=O)=O)c(F)c1. The Labute approximate surface area is 188 Å². The Morgan fingerprint density at radius 3 is 2.24 bits per heavy atom. The first-order valence-electron chi connectivity index (χ1n) is 9.92. The van der Waals surface area contributed by atoms with Crippen LogP contribution in [-0.4, -0.2) is 27.1 Å². The van der Waals surface area contributed by atoms with E-state index in [-0.39, 0.29) is 18.5 Å². The molecular weight excluding hydrogens is 467 g/mol. The van der Waals surface area contributed by atoms with Crippen LogP contribution in [0.3, 0.4) is 0 Å². The van der Waals surface area contributed by atoms with Crippen molar-refractivity contribution in [2.24, 2.45) is 0 Å². The fourth-order valence-electron chi connectivity index (χ4n) is 3.04. The number of amides is 1. The summed E-state index contributed by atoms with van der Waals surface area (Å²) in [6.07, 6.45) is -0.0210. The summed E-state index contributed by atoms with van der Waals surface area (Å²) < 4.78 is 90.9. The van der Waals surface area contributed by atoms with Crippen LogP contribution in [0.4, 0.5) is 27.6 Å². The Balaban J connectivity index is 2.01. The van der Waals surface area contributed by atoms with E-state index in [9.17, 15) is 35.2 Å². The molecule has 0 spiro atoms. The summed E-state index contributed by atoms with van der Waals surface area (Å²) in [7, 11) is -3.86. The van der Waals surface area contributed by atoms with Crippen molar-refractivity contribution in [2.45, 2.75) is 32.4 Å². The summed E-state index contributed by atoms with van der Waals surface area (Å²) in [5.41, 5.74) is -0.401. The molecule has 33 heavy (non-hydrogen) atoms. The number of nitrogens with one attached hydrogen (secondary N) is 2. The molecule has 0 saturated heterocycles. The Kier molecular flexibility index (Phi) is 8.59. The van der Waals surface area contributed by atoms with Crippen molar-refractivity contribution in [3.05, 3.63) is 70.3 Å². The molecule has 11 heteroatoms. The van der Waals surface area contributed by atoms with Crippen molar-refractivity contribution < 1.29 is 35.2 Å². The third-order valence-electron chi connectivity index (χ3n) is 4.51. The summed E-state index contributed by atoms with van der Waals surface area (Å²) in [4.78, 5) is 12.0. The van der Waals surface area contributed by atoms with E-state index in [1.54, 1.807) is 4.72 Å². The lowest BCUT2D eigenvalue weighted by atomic mass is 9.99. The number of alkyl halides is 3. The molecule has 0 unspecified atom stereocenters. The number of hydrogen-bond donors (Lipinski definition) is 2. The van der Waals surface area contributed by atoms with E-state index in [1.807, 2.05) is 6.92 Å². The first-order valence-corrected chi connectivity index (χ1v) is 11.8. The molecule has 2 N–H and O–H groups in total. The van der Waals surface area contributed by atoms with E-state index < -0.39 is 45.0 Å². The second-order valence-corrected chi connectivity index (χ2v) is 9.09. The van der Waals surface area contributed by atoms with E-state index in [4.69, 9.17) is 0 Å². The molecule has 0 aliphatic carbocycles. The largest absolute Gasteiger partial charge is 0.416 e. The molecule has 2 rings (SSSR count). The summed E-state index contributed by atoms with van der Waals surface area (Å²) in [6, 6.07) is 5.22. The number of hydrogen-bond acceptors (Lipinski definition) is 3. The normalized spacial score (nSPS) is 12.2. The van der Waals surface area contributed by atoms with Gasteiger partial charge in [-0.2, -0.15) is 13.2 Å². The third kappa shape index (κ3) is 8.16. The smallest absolute Gasteiger partial charge is 0.352 e. The first-order chi connectivity index (χ1) is 15.3. The fourth-order valence-corrected chi connectivity index (χ4v) is 3.60. The van der Waals surface area contributed by atoms with Crippen LogP contribution in [-0.2, 0) is 33.8 Å². The minimum Gasteiger partial charge on any atom is -0.352 e. The van der Waals surface area contributed by atoms with E-state index in [0.29, 0.717) is 24.0 Å². The molecule has 5 nitrogen and oxygen atoms in total. The highest BCUT2D eigenvalue weighted by molar-refractivity contribution is 7.92. The summed E-state index contributed by atoms with van der Waals surface area (Å²) in [5.74, 6) is -2.71. The van der Waals surface area contributed by atoms with Gasteiger partial charge < -0.3 is 5.32 Å². The predicted octanol–water partition coefficient (Wildman–Crippen LogP) is 4.68. The Morgan fingerprint density at radius 2 is 1.70 bits per heavy atom. The lowest BCUT2D eigenvalue weighted by Crippen LogP contribution is -2.23. The zero-order valence-corrected chi connectivity index (χ0v) is 18.7. The zero-order chi connectivity index (χ0) is 24.8. The quantitative estimate of drug-likeness (QED) is 0.396. The molecule has 0 atom stereocenters. The van der Waals surface area contributed by atoms with Crippen molar-refractivity contribution >= 4 is 27.7 Å². The number of sulfonamides is 1. The Bertz CT molecular complexity index is 1120. The van der Waals surface area contributed by atoms with Crippen LogP contribution < -0.4 is 10.0 Å². The molecule has 0 aliphatic rings. The maximum absolute atomic E-state index is 14.0. The lowest BCUT2D eigenvalue weighted by Gasteiger charge is -2.11. The van der Waals surface area contributed by atoms with Crippen molar-refractivity contribution in [3.63, 3.8) is 0 Å². The molecule has 0 radical (unpaired) electrons. The molecule has 0 bridgehead atoms. The topological polar surface area (TPSA) is 75.3 Å². The maximum atomic E-state index is 14.0. The molecule has 1 amide bonds. The van der Waals surface area contributed by atoms with E-state index in [0.717, 1.165) is 30.5 Å². The molecular formula is C22H23F5N2O3S. The molecule has 2 aromatic rings. The Hall–Kier alpha value is -2.95. The molecule has 2 aromatic carbocycles. The highest BCUT2D eigenvalue weighted by atomic mass is 32.2. The molecule has 0 saturated carbocycles. The van der Waals surface area contributed by atoms with Crippen LogP contribution in [0, 0.1) is 11.6 Å². The minimum atomic E-state index is -4.46. The van der Waals surface area contributed by atoms with Gasteiger partial charge in [0.25, 0.3) is 0 Å². The van der Waals surface area contributed by atoms with Gasteiger partial charge in [-0.1, -0.05) is 19.4 Å². The minimum absolute atomic E-state index is 0.0235. The fraction of sp³-hybridized carbons (Fsp3) is 0.318. The average Bonchev–Trinajstić information content (AvgIpc) is 2.68. The van der Waals surface area contributed by atoms with Crippen LogP contribution in [0.15, 0.2) is 36.4 Å². The van der Waals surface area contributed by atoms with Gasteiger partial charge in [0.05, 0.1) is 11.8 Å². The van der Waals surface area contributed by atoms with Gasteiger partial charge in [-0.3, -0.25) is 9.52 Å². The van der Waals surface area contributed by atoms with Crippen LogP contribution in [0.1, 0.15) is 35.6 Å². The lowest BCUT2D eigenvalue weighted by molar-refractivity contribution is -0.137. The van der Waals surface area contributed by atoms with Crippen LogP contribution in [0.2, 0.25) is 0 Å². The van der Waals surface area contributed by atoms with E-state index in [2.05, 4.69) is 5.32 Å². The standard InChI is InChI=1S/C22H23F5N2O3S/c1-3-4-16-13-17(22(25,26)27)7-5-15(16)6-8-20(30)28-10-9-14-11-18(23)21(19(24)12-14)29-33(2,31)32/h5-8,11-13,29H,3-4,9-10H2,1-2H3,(H,28,30). The first kappa shape index (κ1) is 26.3. The molecule has 0 heterocycles. The van der Waals surface area contributed by atoms with Gasteiger partial charge >= 0.3 is 6.18 Å². The second kappa shape index (κ2) is 10.8. The number of rotatable bonds is 9. The van der Waals surface area contributed by atoms with Crippen molar-refractivity contribution in [2.75, 3.05) is 17.5 Å². The van der Waals surface area contributed by atoms with Gasteiger partial charge in [0, 0.05) is 12.6 Å². The highest BCUT2D eigenvalue weighted by Crippen LogP contribution is 2.31. The van der Waals surface area contributed by atoms with Gasteiger partial charge in [-0.25, -0.2) is 17.2 Å². The van der Waals surface area contributed by atoms with Gasteiger partial charge in [0.2, 0.25) is 15.9 Å². The average molecular weight is 490 g/mol. The van der Waals surface area contributed by atoms with Gasteiger partial charge in [-0.15, -0.1) is 0 Å². The second-order valence-electron chi connectivity index (χ2n) is 7.34. The molecule has 0 aliphatic heterocycles. The number of carbonyl (C=O) groups is 1. The third-order valence-corrected chi connectivity index (χ3v) is 5.08. The monoisotopic (exact) mass is 490 g/mol. The van der Waals surface area contributed by atoms with Crippen LogP contribution >= 0.6 is 0 Å². The molecule has 180 valence electrons. The summed E-state index contributed by atoms with van der Waals surface area (Å²) in [5, 5.41) is 2.52. The number of benzene rings is 2. The van der Waals surface area contributed by atoms with E-state index >= 15 is 0 Å². The van der Waals surface area contributed by atoms with Crippen molar-refractivity contribution in [1.29, 1.82) is 0 Å². The van der Waals surface area contributed by atoms with Gasteiger partial charge in [0.15, 0.2) is 11.6 Å². The highest BCUT2D eigenvalue weighted by Gasteiger charge is 2.30. The van der Waals surface area contributed by atoms with E-state index in [1.165, 1.54) is 18.2 Å². The number of anilines is 1. The number of aryl methyl sites for hydroxylation is 1. The van der Waals surface area contributed by atoms with Gasteiger partial charge in [0.1, 0.15) is 5.69 Å². The summed E-state index contributed by atoms with van der Waals surface area (Å²) >= 11 is 0. The molecule has 0 fully saturated rings. The van der Waals surface area contributed by atoms with Crippen molar-refractivity contribution in [3.8, 4) is 0 Å². The summed E-state index contributed by atoms with van der Waals surface area (Å²) in [6.45, 7) is 1.85. The zero-order valence-electron chi connectivity index (χ0n) is 17.9. The number of halogens is 5. The molecule has 0 aromatic heterocycles. The van der Waals surface area contributed by atoms with Crippen molar-refractivity contribution in [1.82, 2.24) is 5.32 Å². The Morgan fingerprint density at radius 1 is 1.06 bits per heavy atom. The van der Waals surface area contributed by atoms with Crippen LogP contribution in [0.5, 0.6) is 0 Å². The predicted molar refractivity (Wildman–Crippen MR) is 116 cm³/mol.